The predicted molar refractivity (Wildman–Crippen MR) is 76.1 cm³/mol. The van der Waals surface area contributed by atoms with Crippen molar-refractivity contribution >= 4 is 15.9 Å². The maximum Gasteiger partial charge on any atom is 0.0716 e. The van der Waals surface area contributed by atoms with Crippen LogP contribution >= 0.6 is 15.9 Å². The van der Waals surface area contributed by atoms with E-state index in [1.54, 1.807) is 0 Å². The van der Waals surface area contributed by atoms with Crippen molar-refractivity contribution in [2.24, 2.45) is 5.92 Å². The molecule has 0 bridgehead atoms. The second kappa shape index (κ2) is 8.67. The monoisotopic (exact) mass is 299 g/mol. The number of ether oxygens (including phenoxy) is 1. The SMILES string of the molecule is CC(C)CNCCCOCc1ccc(Br)cc1. The Bertz CT molecular complexity index is 298. The fourth-order valence-electron chi connectivity index (χ4n) is 1.46. The molecule has 0 heterocycles. The molecular weight excluding hydrogens is 278 g/mol. The zero-order chi connectivity index (χ0) is 12.5. The van der Waals surface area contributed by atoms with Crippen LogP contribution in [0.25, 0.3) is 0 Å². The number of nitrogens with one attached hydrogen (secondary N) is 1. The van der Waals surface area contributed by atoms with Crippen LogP contribution in [0.1, 0.15) is 25.8 Å². The fourth-order valence-corrected chi connectivity index (χ4v) is 1.72. The number of hydrogen-bond acceptors (Lipinski definition) is 2. The van der Waals surface area contributed by atoms with Gasteiger partial charge in [-0.3, -0.25) is 0 Å². The molecule has 3 heteroatoms. The first-order valence-electron chi connectivity index (χ1n) is 6.21. The molecule has 1 aromatic rings. The third-order valence-corrected chi connectivity index (χ3v) is 2.91. The molecule has 0 unspecified atom stereocenters. The lowest BCUT2D eigenvalue weighted by atomic mass is 10.2. The van der Waals surface area contributed by atoms with Crippen molar-refractivity contribution in [2.75, 3.05) is 19.7 Å². The van der Waals surface area contributed by atoms with E-state index >= 15 is 0 Å². The lowest BCUT2D eigenvalue weighted by Gasteiger charge is -2.08. The lowest BCUT2D eigenvalue weighted by molar-refractivity contribution is 0.118. The van der Waals surface area contributed by atoms with E-state index in [2.05, 4.69) is 47.2 Å². The van der Waals surface area contributed by atoms with Gasteiger partial charge < -0.3 is 10.1 Å². The highest BCUT2D eigenvalue weighted by Gasteiger charge is 1.95. The Hall–Kier alpha value is -0.380. The van der Waals surface area contributed by atoms with Crippen molar-refractivity contribution in [1.82, 2.24) is 5.32 Å². The molecule has 1 aromatic carbocycles. The Morgan fingerprint density at radius 3 is 2.59 bits per heavy atom. The Labute approximate surface area is 113 Å². The van der Waals surface area contributed by atoms with Gasteiger partial charge in [0.25, 0.3) is 0 Å². The van der Waals surface area contributed by atoms with E-state index in [1.807, 2.05) is 12.1 Å². The van der Waals surface area contributed by atoms with Gasteiger partial charge in [0, 0.05) is 11.1 Å². The molecule has 17 heavy (non-hydrogen) atoms. The van der Waals surface area contributed by atoms with Gasteiger partial charge in [-0.1, -0.05) is 41.9 Å². The van der Waals surface area contributed by atoms with Gasteiger partial charge in [0.1, 0.15) is 0 Å². The maximum atomic E-state index is 5.61. The van der Waals surface area contributed by atoms with E-state index in [4.69, 9.17) is 4.74 Å². The van der Waals surface area contributed by atoms with Crippen LogP contribution in [-0.2, 0) is 11.3 Å². The van der Waals surface area contributed by atoms with Crippen LogP contribution in [0.4, 0.5) is 0 Å². The van der Waals surface area contributed by atoms with Crippen LogP contribution in [0.2, 0.25) is 0 Å². The first-order valence-corrected chi connectivity index (χ1v) is 7.00. The van der Waals surface area contributed by atoms with Crippen molar-refractivity contribution in [3.8, 4) is 0 Å². The lowest BCUT2D eigenvalue weighted by Crippen LogP contribution is -2.21. The highest BCUT2D eigenvalue weighted by Crippen LogP contribution is 2.11. The maximum absolute atomic E-state index is 5.61. The average Bonchev–Trinajstić information content (AvgIpc) is 2.30. The summed E-state index contributed by atoms with van der Waals surface area (Å²) in [5, 5.41) is 3.40. The number of rotatable bonds is 8. The first-order chi connectivity index (χ1) is 8.18. The van der Waals surface area contributed by atoms with Crippen LogP contribution in [0.3, 0.4) is 0 Å². The topological polar surface area (TPSA) is 21.3 Å². The number of halogens is 1. The van der Waals surface area contributed by atoms with Crippen LogP contribution in [0.5, 0.6) is 0 Å². The van der Waals surface area contributed by atoms with Gasteiger partial charge in [-0.25, -0.2) is 0 Å². The van der Waals surface area contributed by atoms with Gasteiger partial charge in [0.05, 0.1) is 6.61 Å². The summed E-state index contributed by atoms with van der Waals surface area (Å²) >= 11 is 3.42. The van der Waals surface area contributed by atoms with Crippen molar-refractivity contribution in [2.45, 2.75) is 26.9 Å². The molecule has 0 atom stereocenters. The second-order valence-electron chi connectivity index (χ2n) is 4.63. The van der Waals surface area contributed by atoms with E-state index in [0.29, 0.717) is 6.61 Å². The summed E-state index contributed by atoms with van der Waals surface area (Å²) in [6.07, 6.45) is 1.07. The van der Waals surface area contributed by atoms with E-state index in [9.17, 15) is 0 Å². The highest BCUT2D eigenvalue weighted by molar-refractivity contribution is 9.10. The zero-order valence-corrected chi connectivity index (χ0v) is 12.3. The van der Waals surface area contributed by atoms with E-state index in [0.717, 1.165) is 36.5 Å². The quantitative estimate of drug-likeness (QED) is 0.741. The molecule has 0 aliphatic carbocycles. The molecule has 0 fully saturated rings. The largest absolute Gasteiger partial charge is 0.377 e. The highest BCUT2D eigenvalue weighted by atomic mass is 79.9. The van der Waals surface area contributed by atoms with Gasteiger partial charge in [-0.15, -0.1) is 0 Å². The molecule has 0 saturated heterocycles. The number of benzene rings is 1. The second-order valence-corrected chi connectivity index (χ2v) is 5.55. The minimum Gasteiger partial charge on any atom is -0.377 e. The number of hydrogen-bond donors (Lipinski definition) is 1. The molecule has 0 saturated carbocycles. The van der Waals surface area contributed by atoms with Crippen LogP contribution in [0.15, 0.2) is 28.7 Å². The van der Waals surface area contributed by atoms with E-state index in [1.165, 1.54) is 5.56 Å². The summed E-state index contributed by atoms with van der Waals surface area (Å²) in [5.41, 5.74) is 1.23. The van der Waals surface area contributed by atoms with E-state index in [-0.39, 0.29) is 0 Å². The Balaban J connectivity index is 1.99. The van der Waals surface area contributed by atoms with Crippen molar-refractivity contribution in [1.29, 1.82) is 0 Å². The van der Waals surface area contributed by atoms with Crippen molar-refractivity contribution in [3.63, 3.8) is 0 Å². The van der Waals surface area contributed by atoms with E-state index < -0.39 is 0 Å². The first kappa shape index (κ1) is 14.7. The molecule has 2 nitrogen and oxygen atoms in total. The summed E-state index contributed by atoms with van der Waals surface area (Å²) in [5.74, 6) is 0.721. The normalized spacial score (nSPS) is 11.1. The summed E-state index contributed by atoms with van der Waals surface area (Å²) in [4.78, 5) is 0. The summed E-state index contributed by atoms with van der Waals surface area (Å²) in [7, 11) is 0. The predicted octanol–water partition coefficient (Wildman–Crippen LogP) is 3.60. The smallest absolute Gasteiger partial charge is 0.0716 e. The third-order valence-electron chi connectivity index (χ3n) is 2.38. The molecule has 0 spiro atoms. The third kappa shape index (κ3) is 7.53. The van der Waals surface area contributed by atoms with Crippen molar-refractivity contribution in [3.05, 3.63) is 34.3 Å². The average molecular weight is 300 g/mol. The summed E-state index contributed by atoms with van der Waals surface area (Å²) in [6, 6.07) is 8.26. The summed E-state index contributed by atoms with van der Waals surface area (Å²) in [6.45, 7) is 8.10. The van der Waals surface area contributed by atoms with Gasteiger partial charge in [-0.2, -0.15) is 0 Å². The Morgan fingerprint density at radius 1 is 1.24 bits per heavy atom. The standard InChI is InChI=1S/C14H22BrNO/c1-12(2)10-16-8-3-9-17-11-13-4-6-14(15)7-5-13/h4-7,12,16H,3,8-11H2,1-2H3. The minimum absolute atomic E-state index is 0.706. The molecule has 96 valence electrons. The molecule has 0 amide bonds. The fraction of sp³-hybridized carbons (Fsp3) is 0.571. The van der Waals surface area contributed by atoms with Crippen molar-refractivity contribution < 1.29 is 4.74 Å². The van der Waals surface area contributed by atoms with Crippen LogP contribution in [0, 0.1) is 5.92 Å². The minimum atomic E-state index is 0.706. The molecule has 0 aliphatic heterocycles. The van der Waals surface area contributed by atoms with Crippen LogP contribution < -0.4 is 5.32 Å². The molecule has 1 rings (SSSR count). The van der Waals surface area contributed by atoms with Gasteiger partial charge in [0.15, 0.2) is 0 Å². The Morgan fingerprint density at radius 2 is 1.94 bits per heavy atom. The van der Waals surface area contributed by atoms with Crippen LogP contribution in [-0.4, -0.2) is 19.7 Å². The molecule has 1 N–H and O–H groups in total. The molecular formula is C14H22BrNO. The van der Waals surface area contributed by atoms with Gasteiger partial charge >= 0.3 is 0 Å². The van der Waals surface area contributed by atoms with Gasteiger partial charge in [-0.05, 0) is 43.1 Å². The molecule has 0 radical (unpaired) electrons. The van der Waals surface area contributed by atoms with Gasteiger partial charge in [0.2, 0.25) is 0 Å². The Kier molecular flexibility index (Phi) is 7.49. The summed E-state index contributed by atoms with van der Waals surface area (Å²) < 4.78 is 6.72. The molecule has 0 aromatic heterocycles. The molecule has 0 aliphatic rings. The zero-order valence-electron chi connectivity index (χ0n) is 10.7.